The Hall–Kier alpha value is -5.09. The minimum absolute atomic E-state index is 0.670. The maximum atomic E-state index is 6.60. The van der Waals surface area contributed by atoms with Gasteiger partial charge in [-0.1, -0.05) is 78.9 Å². The highest BCUT2D eigenvalue weighted by Gasteiger charge is 2.20. The molecule has 0 aliphatic rings. The molecule has 39 heavy (non-hydrogen) atoms. The second-order valence-corrected chi connectivity index (χ2v) is 9.84. The molecule has 4 heteroatoms. The van der Waals surface area contributed by atoms with E-state index >= 15 is 0 Å². The smallest absolute Gasteiger partial charge is 0.216 e. The Morgan fingerprint density at radius 3 is 1.92 bits per heavy atom. The molecular weight excluding hydrogens is 478 g/mol. The van der Waals surface area contributed by atoms with Gasteiger partial charge in [-0.2, -0.15) is 0 Å². The molecule has 0 N–H and O–H groups in total. The highest BCUT2D eigenvalue weighted by molar-refractivity contribution is 6.10. The number of aromatic nitrogens is 3. The highest BCUT2D eigenvalue weighted by atomic mass is 16.3. The molecule has 0 bridgehead atoms. The minimum atomic E-state index is 0.670. The second-order valence-electron chi connectivity index (χ2n) is 9.84. The first kappa shape index (κ1) is 23.1. The lowest BCUT2D eigenvalue weighted by Gasteiger charge is -2.09. The van der Waals surface area contributed by atoms with Gasteiger partial charge in [-0.25, -0.2) is 14.5 Å². The van der Waals surface area contributed by atoms with Gasteiger partial charge in [-0.05, 0) is 36.8 Å². The molecule has 186 valence electrons. The average Bonchev–Trinajstić information content (AvgIpc) is 3.36. The van der Waals surface area contributed by atoms with Crippen LogP contribution in [-0.2, 0) is 7.05 Å². The number of nitrogens with zero attached hydrogens (tertiary/aromatic N) is 3. The summed E-state index contributed by atoms with van der Waals surface area (Å²) in [6.45, 7) is 2.13. The molecule has 0 spiro atoms. The number of hydrogen-bond donors (Lipinski definition) is 0. The van der Waals surface area contributed by atoms with Crippen molar-refractivity contribution in [2.45, 2.75) is 6.92 Å². The third-order valence-corrected chi connectivity index (χ3v) is 7.28. The van der Waals surface area contributed by atoms with Gasteiger partial charge in [-0.3, -0.25) is 0 Å². The molecule has 0 unspecified atom stereocenters. The summed E-state index contributed by atoms with van der Waals surface area (Å²) >= 11 is 0. The SMILES string of the molecule is Cc1ccc2c(oc3cc(-c4nc(-c5ccccc5)cc(-c5ccccc5)n4)ccc32)c1-c1cccc[n+]1C. The molecule has 0 aliphatic carbocycles. The van der Waals surface area contributed by atoms with Crippen LogP contribution in [0.5, 0.6) is 0 Å². The van der Waals surface area contributed by atoms with Gasteiger partial charge in [0.05, 0.1) is 17.0 Å². The Morgan fingerprint density at radius 1 is 0.615 bits per heavy atom. The fourth-order valence-corrected chi connectivity index (χ4v) is 5.27. The molecule has 0 saturated heterocycles. The van der Waals surface area contributed by atoms with Gasteiger partial charge in [0, 0.05) is 39.6 Å². The van der Waals surface area contributed by atoms with E-state index in [1.54, 1.807) is 0 Å². The fraction of sp³-hybridized carbons (Fsp3) is 0.0571. The summed E-state index contributed by atoms with van der Waals surface area (Å²) in [4.78, 5) is 9.99. The maximum absolute atomic E-state index is 6.60. The van der Waals surface area contributed by atoms with Crippen molar-refractivity contribution >= 4 is 21.9 Å². The molecule has 4 nitrogen and oxygen atoms in total. The molecule has 0 atom stereocenters. The number of rotatable bonds is 4. The predicted octanol–water partition coefficient (Wildman–Crippen LogP) is 8.18. The molecular formula is C35H26N3O+. The number of fused-ring (bicyclic) bond motifs is 3. The van der Waals surface area contributed by atoms with Crippen molar-refractivity contribution in [3.8, 4) is 45.2 Å². The third kappa shape index (κ3) is 4.07. The lowest BCUT2D eigenvalue weighted by molar-refractivity contribution is -0.660. The standard InChI is InChI=1S/C35H26N3O/c1-23-16-18-28-27-19-17-26(21-32(27)39-34(28)33(23)31-15-9-10-20-38(31)2)35-36-29(24-11-5-3-6-12-24)22-30(37-35)25-13-7-4-8-14-25/h3-22H,1-2H3/q+1. The lowest BCUT2D eigenvalue weighted by Crippen LogP contribution is -2.30. The molecule has 3 aromatic heterocycles. The quantitative estimate of drug-likeness (QED) is 0.227. The van der Waals surface area contributed by atoms with E-state index in [-0.39, 0.29) is 0 Å². The average molecular weight is 505 g/mol. The fourth-order valence-electron chi connectivity index (χ4n) is 5.27. The number of pyridine rings is 1. The summed E-state index contributed by atoms with van der Waals surface area (Å²) in [5, 5.41) is 2.18. The Morgan fingerprint density at radius 2 is 1.26 bits per heavy atom. The summed E-state index contributed by atoms with van der Waals surface area (Å²) in [6.07, 6.45) is 2.07. The van der Waals surface area contributed by atoms with Crippen molar-refractivity contribution in [1.82, 2.24) is 9.97 Å². The number of hydrogen-bond acceptors (Lipinski definition) is 3. The van der Waals surface area contributed by atoms with Gasteiger partial charge in [0.2, 0.25) is 5.69 Å². The Balaban J connectivity index is 1.43. The molecule has 7 rings (SSSR count). The van der Waals surface area contributed by atoms with E-state index in [9.17, 15) is 0 Å². The first-order valence-corrected chi connectivity index (χ1v) is 13.1. The first-order chi connectivity index (χ1) is 19.2. The van der Waals surface area contributed by atoms with E-state index in [1.807, 2.05) is 42.5 Å². The van der Waals surface area contributed by atoms with Crippen LogP contribution in [0.3, 0.4) is 0 Å². The predicted molar refractivity (Wildman–Crippen MR) is 157 cm³/mol. The maximum Gasteiger partial charge on any atom is 0.216 e. The zero-order valence-corrected chi connectivity index (χ0v) is 21.8. The van der Waals surface area contributed by atoms with E-state index in [0.29, 0.717) is 5.82 Å². The van der Waals surface area contributed by atoms with Crippen LogP contribution in [0.1, 0.15) is 5.56 Å². The van der Waals surface area contributed by atoms with E-state index in [2.05, 4.69) is 97.5 Å². The second kappa shape index (κ2) is 9.34. The van der Waals surface area contributed by atoms with Gasteiger partial charge in [0.15, 0.2) is 12.0 Å². The van der Waals surface area contributed by atoms with Crippen molar-refractivity contribution in [2.24, 2.45) is 7.05 Å². The van der Waals surface area contributed by atoms with Crippen LogP contribution in [0.2, 0.25) is 0 Å². The van der Waals surface area contributed by atoms with Crippen LogP contribution in [-0.4, -0.2) is 9.97 Å². The summed E-state index contributed by atoms with van der Waals surface area (Å²) in [5.41, 5.74) is 9.93. The Labute approximate surface area is 226 Å². The molecule has 0 radical (unpaired) electrons. The minimum Gasteiger partial charge on any atom is -0.455 e. The van der Waals surface area contributed by atoms with Gasteiger partial charge >= 0.3 is 0 Å². The van der Waals surface area contributed by atoms with Crippen molar-refractivity contribution in [3.63, 3.8) is 0 Å². The molecule has 0 aliphatic heterocycles. The van der Waals surface area contributed by atoms with Crippen LogP contribution in [0.15, 0.2) is 126 Å². The highest BCUT2D eigenvalue weighted by Crippen LogP contribution is 2.38. The van der Waals surface area contributed by atoms with Crippen LogP contribution in [0, 0.1) is 6.92 Å². The van der Waals surface area contributed by atoms with E-state index in [0.717, 1.165) is 61.3 Å². The van der Waals surface area contributed by atoms with Crippen molar-refractivity contribution in [1.29, 1.82) is 0 Å². The Bertz CT molecular complexity index is 1920. The van der Waals surface area contributed by atoms with E-state index < -0.39 is 0 Å². The number of furan rings is 1. The van der Waals surface area contributed by atoms with E-state index in [4.69, 9.17) is 14.4 Å². The van der Waals surface area contributed by atoms with Gasteiger partial charge in [0.1, 0.15) is 18.2 Å². The molecule has 0 saturated carbocycles. The summed E-state index contributed by atoms with van der Waals surface area (Å²) < 4.78 is 8.73. The molecule has 4 aromatic carbocycles. The van der Waals surface area contributed by atoms with Crippen LogP contribution in [0.4, 0.5) is 0 Å². The largest absolute Gasteiger partial charge is 0.455 e. The Kier molecular flexibility index (Phi) is 5.52. The van der Waals surface area contributed by atoms with E-state index in [1.165, 1.54) is 5.56 Å². The van der Waals surface area contributed by atoms with Crippen LogP contribution in [0.25, 0.3) is 67.1 Å². The number of benzene rings is 4. The molecule has 3 heterocycles. The van der Waals surface area contributed by atoms with Gasteiger partial charge in [0.25, 0.3) is 0 Å². The van der Waals surface area contributed by atoms with Crippen molar-refractivity contribution in [2.75, 3.05) is 0 Å². The zero-order valence-electron chi connectivity index (χ0n) is 21.8. The van der Waals surface area contributed by atoms with Crippen molar-refractivity contribution in [3.05, 3.63) is 127 Å². The summed E-state index contributed by atoms with van der Waals surface area (Å²) in [5.74, 6) is 0.670. The zero-order chi connectivity index (χ0) is 26.3. The molecule has 0 amide bonds. The van der Waals surface area contributed by atoms with Crippen LogP contribution >= 0.6 is 0 Å². The molecule has 0 fully saturated rings. The van der Waals surface area contributed by atoms with Gasteiger partial charge < -0.3 is 4.42 Å². The summed E-state index contributed by atoms with van der Waals surface area (Å²) in [6, 6.07) is 39.4. The summed E-state index contributed by atoms with van der Waals surface area (Å²) in [7, 11) is 2.07. The monoisotopic (exact) mass is 504 g/mol. The normalized spacial score (nSPS) is 11.3. The first-order valence-electron chi connectivity index (χ1n) is 13.1. The lowest BCUT2D eigenvalue weighted by atomic mass is 10.0. The molecule has 7 aromatic rings. The van der Waals surface area contributed by atoms with Crippen molar-refractivity contribution < 1.29 is 8.98 Å². The number of aryl methyl sites for hydroxylation is 2. The van der Waals surface area contributed by atoms with Crippen LogP contribution < -0.4 is 4.57 Å². The third-order valence-electron chi connectivity index (χ3n) is 7.28. The van der Waals surface area contributed by atoms with Gasteiger partial charge in [-0.15, -0.1) is 0 Å². The topological polar surface area (TPSA) is 42.8 Å².